The predicted molar refractivity (Wildman–Crippen MR) is 67.4 cm³/mol. The zero-order chi connectivity index (χ0) is 11.0. The fourth-order valence-electron chi connectivity index (χ4n) is 2.53. The van der Waals surface area contributed by atoms with Gasteiger partial charge in [0.25, 0.3) is 0 Å². The number of halogens is 1. The van der Waals surface area contributed by atoms with Crippen LogP contribution in [0.3, 0.4) is 0 Å². The first kappa shape index (κ1) is 10.3. The molecule has 0 bridgehead atoms. The molecule has 1 aliphatic carbocycles. The summed E-state index contributed by atoms with van der Waals surface area (Å²) < 4.78 is 3.04. The van der Waals surface area contributed by atoms with Crippen molar-refractivity contribution in [1.82, 2.24) is 14.8 Å². The average Bonchev–Trinajstić information content (AvgIpc) is 2.73. The summed E-state index contributed by atoms with van der Waals surface area (Å²) in [5.74, 6) is 0. The molecule has 3 rings (SSSR count). The largest absolute Gasteiger partial charge is 0.260 e. The summed E-state index contributed by atoms with van der Waals surface area (Å²) >= 11 is 3.39. The Kier molecular flexibility index (Phi) is 2.67. The summed E-state index contributed by atoms with van der Waals surface area (Å²) in [6, 6.07) is 4.67. The minimum atomic E-state index is 0.578. The van der Waals surface area contributed by atoms with Crippen molar-refractivity contribution in [1.29, 1.82) is 0 Å². The number of rotatable bonds is 1. The van der Waals surface area contributed by atoms with Gasteiger partial charge in [0.05, 0.1) is 17.8 Å². The highest BCUT2D eigenvalue weighted by Crippen LogP contribution is 2.30. The van der Waals surface area contributed by atoms with Crippen LogP contribution >= 0.6 is 15.9 Å². The standard InChI is InChI=1S/C12H14BrN3/c13-12-7-6-11-10(15-12)8-14-16(11)9-4-2-1-3-5-9/h6-9H,1-5H2. The average molecular weight is 280 g/mol. The summed E-state index contributed by atoms with van der Waals surface area (Å²) in [7, 11) is 0. The van der Waals surface area contributed by atoms with E-state index in [1.165, 1.54) is 32.1 Å². The lowest BCUT2D eigenvalue weighted by Gasteiger charge is -2.22. The Balaban J connectivity index is 2.03. The quantitative estimate of drug-likeness (QED) is 0.746. The topological polar surface area (TPSA) is 30.7 Å². The molecule has 0 aromatic carbocycles. The van der Waals surface area contributed by atoms with E-state index in [4.69, 9.17) is 0 Å². The van der Waals surface area contributed by atoms with E-state index in [-0.39, 0.29) is 0 Å². The summed E-state index contributed by atoms with van der Waals surface area (Å²) in [4.78, 5) is 4.42. The highest BCUT2D eigenvalue weighted by Gasteiger charge is 2.18. The van der Waals surface area contributed by atoms with Crippen molar-refractivity contribution >= 4 is 27.0 Å². The summed E-state index contributed by atoms with van der Waals surface area (Å²) in [6.07, 6.45) is 8.42. The van der Waals surface area contributed by atoms with E-state index in [0.717, 1.165) is 15.6 Å². The van der Waals surface area contributed by atoms with Crippen molar-refractivity contribution in [3.63, 3.8) is 0 Å². The zero-order valence-electron chi connectivity index (χ0n) is 9.06. The number of nitrogens with zero attached hydrogens (tertiary/aromatic N) is 3. The Hall–Kier alpha value is -0.900. The Bertz CT molecular complexity index is 500. The SMILES string of the molecule is Brc1ccc2c(cnn2C2CCCCC2)n1. The molecule has 4 heteroatoms. The zero-order valence-corrected chi connectivity index (χ0v) is 10.7. The fourth-order valence-corrected chi connectivity index (χ4v) is 2.85. The normalized spacial score (nSPS) is 18.1. The van der Waals surface area contributed by atoms with Crippen molar-refractivity contribution in [3.8, 4) is 0 Å². The Morgan fingerprint density at radius 1 is 1.19 bits per heavy atom. The van der Waals surface area contributed by atoms with E-state index >= 15 is 0 Å². The van der Waals surface area contributed by atoms with E-state index in [2.05, 4.69) is 36.8 Å². The minimum Gasteiger partial charge on any atom is -0.260 e. The first-order valence-electron chi connectivity index (χ1n) is 5.84. The number of hydrogen-bond acceptors (Lipinski definition) is 2. The lowest BCUT2D eigenvalue weighted by molar-refractivity contribution is 0.337. The maximum absolute atomic E-state index is 4.49. The molecule has 0 amide bonds. The first-order chi connectivity index (χ1) is 7.84. The predicted octanol–water partition coefficient (Wildman–Crippen LogP) is 3.70. The van der Waals surface area contributed by atoms with E-state index in [1.54, 1.807) is 0 Å². The molecule has 0 atom stereocenters. The van der Waals surface area contributed by atoms with Crippen LogP contribution in [0.1, 0.15) is 38.1 Å². The highest BCUT2D eigenvalue weighted by molar-refractivity contribution is 9.10. The second-order valence-corrected chi connectivity index (χ2v) is 5.23. The molecule has 1 fully saturated rings. The van der Waals surface area contributed by atoms with Crippen molar-refractivity contribution in [3.05, 3.63) is 22.9 Å². The maximum Gasteiger partial charge on any atom is 0.110 e. The van der Waals surface area contributed by atoms with Gasteiger partial charge in [-0.3, -0.25) is 4.68 Å². The van der Waals surface area contributed by atoms with E-state index in [0.29, 0.717) is 6.04 Å². The van der Waals surface area contributed by atoms with Gasteiger partial charge in [-0.05, 0) is 40.9 Å². The second-order valence-electron chi connectivity index (χ2n) is 4.42. The van der Waals surface area contributed by atoms with Crippen molar-refractivity contribution < 1.29 is 0 Å². The number of aromatic nitrogens is 3. The first-order valence-corrected chi connectivity index (χ1v) is 6.64. The monoisotopic (exact) mass is 279 g/mol. The molecule has 2 heterocycles. The van der Waals surface area contributed by atoms with Gasteiger partial charge < -0.3 is 0 Å². The summed E-state index contributed by atoms with van der Waals surface area (Å²) in [6.45, 7) is 0. The van der Waals surface area contributed by atoms with Gasteiger partial charge in [0, 0.05) is 0 Å². The van der Waals surface area contributed by atoms with E-state index < -0.39 is 0 Å². The smallest absolute Gasteiger partial charge is 0.110 e. The molecule has 84 valence electrons. The fraction of sp³-hybridized carbons (Fsp3) is 0.500. The molecule has 0 unspecified atom stereocenters. The van der Waals surface area contributed by atoms with E-state index in [9.17, 15) is 0 Å². The molecule has 0 spiro atoms. The number of fused-ring (bicyclic) bond motifs is 1. The molecule has 2 aromatic rings. The van der Waals surface area contributed by atoms with Crippen LogP contribution in [-0.2, 0) is 0 Å². The van der Waals surface area contributed by atoms with Crippen LogP contribution in [0.5, 0.6) is 0 Å². The van der Waals surface area contributed by atoms with Crippen molar-refractivity contribution in [2.75, 3.05) is 0 Å². The van der Waals surface area contributed by atoms with Gasteiger partial charge in [-0.2, -0.15) is 5.10 Å². The van der Waals surface area contributed by atoms with E-state index in [1.807, 2.05) is 12.3 Å². The van der Waals surface area contributed by atoms with Crippen LogP contribution in [-0.4, -0.2) is 14.8 Å². The molecular weight excluding hydrogens is 266 g/mol. The molecule has 3 nitrogen and oxygen atoms in total. The van der Waals surface area contributed by atoms with Gasteiger partial charge in [-0.25, -0.2) is 4.98 Å². The number of hydrogen-bond donors (Lipinski definition) is 0. The Morgan fingerprint density at radius 3 is 2.81 bits per heavy atom. The van der Waals surface area contributed by atoms with Crippen LogP contribution in [0.2, 0.25) is 0 Å². The second kappa shape index (κ2) is 4.17. The van der Waals surface area contributed by atoms with Crippen LogP contribution in [0.4, 0.5) is 0 Å². The lowest BCUT2D eigenvalue weighted by atomic mass is 9.95. The van der Waals surface area contributed by atoms with Crippen molar-refractivity contribution in [2.45, 2.75) is 38.1 Å². The Labute approximate surface area is 103 Å². The Morgan fingerprint density at radius 2 is 2.00 bits per heavy atom. The third kappa shape index (κ3) is 1.75. The highest BCUT2D eigenvalue weighted by atomic mass is 79.9. The minimum absolute atomic E-state index is 0.578. The van der Waals surface area contributed by atoms with Crippen molar-refractivity contribution in [2.24, 2.45) is 0 Å². The van der Waals surface area contributed by atoms with Gasteiger partial charge in [-0.15, -0.1) is 0 Å². The van der Waals surface area contributed by atoms with Gasteiger partial charge in [-0.1, -0.05) is 19.3 Å². The lowest BCUT2D eigenvalue weighted by Crippen LogP contribution is -2.13. The van der Waals surface area contributed by atoms with Gasteiger partial charge in [0.2, 0.25) is 0 Å². The van der Waals surface area contributed by atoms with Crippen LogP contribution in [0, 0.1) is 0 Å². The van der Waals surface area contributed by atoms with Gasteiger partial charge >= 0.3 is 0 Å². The molecule has 1 saturated carbocycles. The third-order valence-electron chi connectivity index (χ3n) is 3.34. The van der Waals surface area contributed by atoms with Crippen LogP contribution < -0.4 is 0 Å². The van der Waals surface area contributed by atoms with Gasteiger partial charge in [0.1, 0.15) is 10.1 Å². The third-order valence-corrected chi connectivity index (χ3v) is 3.78. The van der Waals surface area contributed by atoms with Gasteiger partial charge in [0.15, 0.2) is 0 Å². The van der Waals surface area contributed by atoms with Crippen LogP contribution in [0.15, 0.2) is 22.9 Å². The number of pyridine rings is 1. The summed E-state index contributed by atoms with van der Waals surface area (Å²) in [5, 5.41) is 4.49. The maximum atomic E-state index is 4.49. The molecule has 16 heavy (non-hydrogen) atoms. The molecule has 1 aliphatic rings. The summed E-state index contributed by atoms with van der Waals surface area (Å²) in [5.41, 5.74) is 2.15. The molecule has 0 radical (unpaired) electrons. The molecule has 0 aliphatic heterocycles. The molecule has 0 saturated heterocycles. The molecule has 0 N–H and O–H groups in total. The molecule has 2 aromatic heterocycles. The molecular formula is C12H14BrN3. The van der Waals surface area contributed by atoms with Crippen LogP contribution in [0.25, 0.3) is 11.0 Å².